The Balaban J connectivity index is 1.93. The summed E-state index contributed by atoms with van der Waals surface area (Å²) in [5.74, 6) is 0.349. The van der Waals surface area contributed by atoms with Crippen LogP contribution >= 0.6 is 27.5 Å². The summed E-state index contributed by atoms with van der Waals surface area (Å²) in [6.45, 7) is 0.426. The number of rotatable bonds is 3. The van der Waals surface area contributed by atoms with Gasteiger partial charge in [-0.1, -0.05) is 28.1 Å². The van der Waals surface area contributed by atoms with Gasteiger partial charge in [0.25, 0.3) is 0 Å². The summed E-state index contributed by atoms with van der Waals surface area (Å²) in [6.07, 6.45) is 0. The van der Waals surface area contributed by atoms with Crippen LogP contribution in [0.5, 0.6) is 0 Å². The molecule has 0 aliphatic heterocycles. The molecule has 0 atom stereocenters. The molecule has 3 nitrogen and oxygen atoms in total. The van der Waals surface area contributed by atoms with Crippen molar-refractivity contribution in [2.75, 3.05) is 5.32 Å². The van der Waals surface area contributed by atoms with Crippen molar-refractivity contribution < 1.29 is 4.39 Å². The van der Waals surface area contributed by atoms with Gasteiger partial charge in [-0.25, -0.2) is 14.4 Å². The van der Waals surface area contributed by atoms with Crippen LogP contribution in [0.2, 0.25) is 5.28 Å². The zero-order valence-corrected chi connectivity index (χ0v) is 13.1. The minimum Gasteiger partial charge on any atom is -0.365 e. The molecule has 0 radical (unpaired) electrons. The van der Waals surface area contributed by atoms with Gasteiger partial charge in [0.1, 0.15) is 11.6 Å². The molecule has 21 heavy (non-hydrogen) atoms. The first-order valence-corrected chi connectivity index (χ1v) is 7.40. The number of nitrogens with zero attached hydrogens (tertiary/aromatic N) is 2. The number of halogens is 3. The van der Waals surface area contributed by atoms with Gasteiger partial charge in [-0.3, -0.25) is 0 Å². The van der Waals surface area contributed by atoms with Gasteiger partial charge in [-0.2, -0.15) is 0 Å². The summed E-state index contributed by atoms with van der Waals surface area (Å²) >= 11 is 9.33. The third kappa shape index (κ3) is 3.14. The quantitative estimate of drug-likeness (QED) is 0.677. The fraction of sp³-hybridized carbons (Fsp3) is 0.0667. The zero-order valence-electron chi connectivity index (χ0n) is 10.8. The second kappa shape index (κ2) is 5.95. The Labute approximate surface area is 134 Å². The minimum atomic E-state index is -0.277. The smallest absolute Gasteiger partial charge is 0.224 e. The molecule has 106 valence electrons. The van der Waals surface area contributed by atoms with Crippen molar-refractivity contribution >= 4 is 44.3 Å². The normalized spacial score (nSPS) is 10.8. The number of para-hydroxylation sites is 1. The number of aromatic nitrogens is 2. The summed E-state index contributed by atoms with van der Waals surface area (Å²) in [7, 11) is 0. The molecule has 0 aliphatic rings. The van der Waals surface area contributed by atoms with E-state index in [9.17, 15) is 4.39 Å². The van der Waals surface area contributed by atoms with Crippen LogP contribution in [0.1, 0.15) is 5.56 Å². The Kier molecular flexibility index (Phi) is 4.03. The van der Waals surface area contributed by atoms with Crippen molar-refractivity contribution in [3.05, 3.63) is 63.6 Å². The first kappa shape index (κ1) is 14.2. The van der Waals surface area contributed by atoms with Gasteiger partial charge >= 0.3 is 0 Å². The van der Waals surface area contributed by atoms with E-state index in [1.165, 1.54) is 12.1 Å². The SMILES string of the molecule is Fc1ccc(Br)c(CNc2nc(Cl)nc3ccccc23)c1. The Morgan fingerprint density at radius 2 is 1.95 bits per heavy atom. The maximum absolute atomic E-state index is 13.3. The van der Waals surface area contributed by atoms with Crippen molar-refractivity contribution in [2.45, 2.75) is 6.54 Å². The molecule has 0 amide bonds. The van der Waals surface area contributed by atoms with Crippen LogP contribution in [0.3, 0.4) is 0 Å². The zero-order chi connectivity index (χ0) is 14.8. The Morgan fingerprint density at radius 1 is 1.14 bits per heavy atom. The summed E-state index contributed by atoms with van der Waals surface area (Å²) in [5, 5.41) is 4.23. The van der Waals surface area contributed by atoms with Crippen molar-refractivity contribution in [1.29, 1.82) is 0 Å². The third-order valence-corrected chi connectivity index (χ3v) is 3.97. The summed E-state index contributed by atoms with van der Waals surface area (Å²) in [4.78, 5) is 8.37. The monoisotopic (exact) mass is 365 g/mol. The topological polar surface area (TPSA) is 37.8 Å². The molecule has 3 rings (SSSR count). The van der Waals surface area contributed by atoms with E-state index < -0.39 is 0 Å². The molecule has 1 N–H and O–H groups in total. The number of hydrogen-bond acceptors (Lipinski definition) is 3. The predicted octanol–water partition coefficient (Wildman–Crippen LogP) is 4.80. The molecule has 1 aromatic heterocycles. The van der Waals surface area contributed by atoms with Crippen molar-refractivity contribution in [3.8, 4) is 0 Å². The van der Waals surface area contributed by atoms with E-state index in [0.29, 0.717) is 12.4 Å². The Hall–Kier alpha value is -1.72. The lowest BCUT2D eigenvalue weighted by Crippen LogP contribution is -2.04. The number of fused-ring (bicyclic) bond motifs is 1. The number of hydrogen-bond donors (Lipinski definition) is 1. The molecule has 0 bridgehead atoms. The van der Waals surface area contributed by atoms with E-state index in [1.54, 1.807) is 6.07 Å². The first-order valence-electron chi connectivity index (χ1n) is 6.23. The average Bonchev–Trinajstić information content (AvgIpc) is 2.47. The van der Waals surface area contributed by atoms with Crippen molar-refractivity contribution in [1.82, 2.24) is 9.97 Å². The Morgan fingerprint density at radius 3 is 2.81 bits per heavy atom. The van der Waals surface area contributed by atoms with E-state index in [0.717, 1.165) is 20.9 Å². The van der Waals surface area contributed by atoms with E-state index in [1.807, 2.05) is 24.3 Å². The fourth-order valence-corrected chi connectivity index (χ4v) is 2.60. The standard InChI is InChI=1S/C15H10BrClFN3/c16-12-6-5-10(18)7-9(12)8-19-14-11-3-1-2-4-13(11)20-15(17)21-14/h1-7H,8H2,(H,19,20,21). The molecule has 0 saturated heterocycles. The molecular formula is C15H10BrClFN3. The lowest BCUT2D eigenvalue weighted by Gasteiger charge is -2.10. The van der Waals surface area contributed by atoms with E-state index in [4.69, 9.17) is 11.6 Å². The van der Waals surface area contributed by atoms with Crippen LogP contribution in [-0.4, -0.2) is 9.97 Å². The van der Waals surface area contributed by atoms with Gasteiger partial charge in [0.05, 0.1) is 5.52 Å². The minimum absolute atomic E-state index is 0.175. The summed E-state index contributed by atoms with van der Waals surface area (Å²) in [5.41, 5.74) is 1.56. The van der Waals surface area contributed by atoms with Crippen LogP contribution in [0.4, 0.5) is 10.2 Å². The van der Waals surface area contributed by atoms with Gasteiger partial charge in [0.2, 0.25) is 5.28 Å². The fourth-order valence-electron chi connectivity index (χ4n) is 2.04. The van der Waals surface area contributed by atoms with E-state index in [-0.39, 0.29) is 11.1 Å². The molecule has 0 fully saturated rings. The van der Waals surface area contributed by atoms with Gasteiger partial charge in [-0.05, 0) is 47.5 Å². The van der Waals surface area contributed by atoms with E-state index >= 15 is 0 Å². The highest BCUT2D eigenvalue weighted by molar-refractivity contribution is 9.10. The molecule has 1 heterocycles. The van der Waals surface area contributed by atoms with Crippen LogP contribution in [0.15, 0.2) is 46.9 Å². The molecule has 0 spiro atoms. The highest BCUT2D eigenvalue weighted by Crippen LogP contribution is 2.24. The number of anilines is 1. The molecule has 3 aromatic rings. The number of benzene rings is 2. The van der Waals surface area contributed by atoms with Crippen LogP contribution < -0.4 is 5.32 Å². The highest BCUT2D eigenvalue weighted by Gasteiger charge is 2.07. The maximum Gasteiger partial charge on any atom is 0.224 e. The van der Waals surface area contributed by atoms with Gasteiger partial charge < -0.3 is 5.32 Å². The average molecular weight is 367 g/mol. The summed E-state index contributed by atoms with van der Waals surface area (Å²) in [6, 6.07) is 12.1. The van der Waals surface area contributed by atoms with Crippen LogP contribution in [-0.2, 0) is 6.54 Å². The van der Waals surface area contributed by atoms with Gasteiger partial charge in [0.15, 0.2) is 0 Å². The molecule has 6 heteroatoms. The van der Waals surface area contributed by atoms with Crippen molar-refractivity contribution in [3.63, 3.8) is 0 Å². The molecule has 0 saturated carbocycles. The lowest BCUT2D eigenvalue weighted by atomic mass is 10.2. The number of nitrogens with one attached hydrogen (secondary N) is 1. The van der Waals surface area contributed by atoms with Crippen molar-refractivity contribution in [2.24, 2.45) is 0 Å². The summed E-state index contributed by atoms with van der Waals surface area (Å²) < 4.78 is 14.1. The van der Waals surface area contributed by atoms with Crippen LogP contribution in [0, 0.1) is 5.82 Å². The molecule has 2 aromatic carbocycles. The lowest BCUT2D eigenvalue weighted by molar-refractivity contribution is 0.625. The second-order valence-corrected chi connectivity index (χ2v) is 5.64. The predicted molar refractivity (Wildman–Crippen MR) is 86.0 cm³/mol. The largest absolute Gasteiger partial charge is 0.365 e. The van der Waals surface area contributed by atoms with Gasteiger partial charge in [-0.15, -0.1) is 0 Å². The highest BCUT2D eigenvalue weighted by atomic mass is 79.9. The van der Waals surface area contributed by atoms with Gasteiger partial charge in [0, 0.05) is 16.4 Å². The third-order valence-electron chi connectivity index (χ3n) is 3.03. The second-order valence-electron chi connectivity index (χ2n) is 4.45. The Bertz CT molecular complexity index is 810. The first-order chi connectivity index (χ1) is 10.1. The molecular weight excluding hydrogens is 357 g/mol. The molecule has 0 unspecified atom stereocenters. The van der Waals surface area contributed by atoms with E-state index in [2.05, 4.69) is 31.2 Å². The maximum atomic E-state index is 13.3. The molecule has 0 aliphatic carbocycles. The van der Waals surface area contributed by atoms with Crippen LogP contribution in [0.25, 0.3) is 10.9 Å².